The van der Waals surface area contributed by atoms with Gasteiger partial charge in [-0.15, -0.1) is 45.3 Å². The Hall–Kier alpha value is -2.32. The minimum Gasteiger partial charge on any atom is -0.326 e. The lowest BCUT2D eigenvalue weighted by molar-refractivity contribution is 0.869. The fourth-order valence-corrected chi connectivity index (χ4v) is 5.84. The largest absolute Gasteiger partial charge is 0.326 e. The normalized spacial score (nSPS) is 12.6. The monoisotopic (exact) mass is 455 g/mol. The van der Waals surface area contributed by atoms with Gasteiger partial charge in [-0.1, -0.05) is 24.3 Å². The van der Waals surface area contributed by atoms with Crippen LogP contribution < -0.4 is 5.73 Å². The van der Waals surface area contributed by atoms with E-state index in [-0.39, 0.29) is 12.4 Å². The number of hydrogen-bond acceptors (Lipinski definition) is 6. The molecule has 0 bridgehead atoms. The molecule has 0 unspecified atom stereocenters. The summed E-state index contributed by atoms with van der Waals surface area (Å²) < 4.78 is 2.16. The Bertz CT molecular complexity index is 1250. The molecular formula is C22H22ClN5S2. The molecule has 0 saturated carbocycles. The Balaban J connectivity index is 0.00000218. The smallest absolute Gasteiger partial charge is 0.160 e. The van der Waals surface area contributed by atoms with Crippen LogP contribution >= 0.6 is 35.1 Å². The molecule has 5 rings (SSSR count). The summed E-state index contributed by atoms with van der Waals surface area (Å²) in [5, 5.41) is 9.79. The number of aryl methyl sites for hydroxylation is 2. The molecule has 4 heterocycles. The van der Waals surface area contributed by atoms with Crippen LogP contribution in [-0.4, -0.2) is 20.5 Å². The van der Waals surface area contributed by atoms with Crippen molar-refractivity contribution in [3.63, 3.8) is 0 Å². The van der Waals surface area contributed by atoms with E-state index in [0.29, 0.717) is 13.1 Å². The molecule has 0 aliphatic carbocycles. The maximum atomic E-state index is 5.76. The van der Waals surface area contributed by atoms with Gasteiger partial charge in [0, 0.05) is 32.3 Å². The van der Waals surface area contributed by atoms with Gasteiger partial charge in [0.1, 0.15) is 17.4 Å². The molecule has 3 aromatic heterocycles. The fourth-order valence-electron chi connectivity index (χ4n) is 3.72. The molecule has 2 N–H and O–H groups in total. The SMILES string of the molecule is Cc1sc2c(c1C)C(c1ccc(-c3ccc(CN)s3)cc1)=NCc1nnc(C)n1-2.Cl. The zero-order valence-corrected chi connectivity index (χ0v) is 19.4. The molecule has 0 radical (unpaired) electrons. The van der Waals surface area contributed by atoms with Crippen LogP contribution in [0.3, 0.4) is 0 Å². The van der Waals surface area contributed by atoms with E-state index < -0.39 is 0 Å². The first-order valence-electron chi connectivity index (χ1n) is 9.52. The minimum atomic E-state index is 0. The first kappa shape index (κ1) is 20.9. The van der Waals surface area contributed by atoms with Crippen molar-refractivity contribution < 1.29 is 0 Å². The summed E-state index contributed by atoms with van der Waals surface area (Å²) in [4.78, 5) is 8.71. The molecule has 30 heavy (non-hydrogen) atoms. The highest BCUT2D eigenvalue weighted by Gasteiger charge is 2.26. The Kier molecular flexibility index (Phi) is 5.63. The molecule has 1 aliphatic heterocycles. The summed E-state index contributed by atoms with van der Waals surface area (Å²) in [5.74, 6) is 1.80. The van der Waals surface area contributed by atoms with Gasteiger partial charge >= 0.3 is 0 Å². The number of nitrogens with zero attached hydrogens (tertiary/aromatic N) is 4. The van der Waals surface area contributed by atoms with Crippen LogP contribution in [0.5, 0.6) is 0 Å². The van der Waals surface area contributed by atoms with Crippen molar-refractivity contribution >= 4 is 40.8 Å². The van der Waals surface area contributed by atoms with Crippen LogP contribution in [0.4, 0.5) is 0 Å². The third-order valence-corrected chi connectivity index (χ3v) is 7.73. The van der Waals surface area contributed by atoms with Crippen LogP contribution in [-0.2, 0) is 13.1 Å². The zero-order chi connectivity index (χ0) is 20.1. The highest BCUT2D eigenvalue weighted by Crippen LogP contribution is 2.36. The van der Waals surface area contributed by atoms with E-state index in [0.717, 1.165) is 22.9 Å². The highest BCUT2D eigenvalue weighted by molar-refractivity contribution is 7.15. The number of aliphatic imine (C=N–C) groups is 1. The number of hydrogen-bond donors (Lipinski definition) is 1. The number of nitrogens with two attached hydrogens (primary N) is 1. The Morgan fingerprint density at radius 3 is 2.40 bits per heavy atom. The summed E-state index contributed by atoms with van der Waals surface area (Å²) in [6.07, 6.45) is 0. The molecule has 5 nitrogen and oxygen atoms in total. The van der Waals surface area contributed by atoms with Crippen molar-refractivity contribution in [2.45, 2.75) is 33.9 Å². The van der Waals surface area contributed by atoms with E-state index >= 15 is 0 Å². The molecule has 4 aromatic rings. The minimum absolute atomic E-state index is 0. The van der Waals surface area contributed by atoms with Crippen LogP contribution in [0.15, 0.2) is 41.4 Å². The average Bonchev–Trinajstić information content (AvgIpc) is 3.39. The van der Waals surface area contributed by atoms with Gasteiger partial charge in [-0.2, -0.15) is 0 Å². The highest BCUT2D eigenvalue weighted by atomic mass is 35.5. The van der Waals surface area contributed by atoms with E-state index in [9.17, 15) is 0 Å². The molecule has 154 valence electrons. The lowest BCUT2D eigenvalue weighted by atomic mass is 9.98. The summed E-state index contributed by atoms with van der Waals surface area (Å²) >= 11 is 3.53. The van der Waals surface area contributed by atoms with Gasteiger partial charge < -0.3 is 5.73 Å². The quantitative estimate of drug-likeness (QED) is 0.460. The molecule has 0 saturated heterocycles. The summed E-state index contributed by atoms with van der Waals surface area (Å²) in [7, 11) is 0. The van der Waals surface area contributed by atoms with Gasteiger partial charge in [0.05, 0.1) is 5.71 Å². The molecule has 0 atom stereocenters. The summed E-state index contributed by atoms with van der Waals surface area (Å²) in [6, 6.07) is 12.9. The maximum absolute atomic E-state index is 5.76. The van der Waals surface area contributed by atoms with Crippen LogP contribution in [0.25, 0.3) is 15.4 Å². The molecular weight excluding hydrogens is 434 g/mol. The Labute approximate surface area is 189 Å². The second-order valence-electron chi connectivity index (χ2n) is 7.17. The lowest BCUT2D eigenvalue weighted by Crippen LogP contribution is -2.07. The maximum Gasteiger partial charge on any atom is 0.160 e. The number of halogens is 1. The van der Waals surface area contributed by atoms with Gasteiger partial charge in [0.15, 0.2) is 5.82 Å². The van der Waals surface area contributed by atoms with E-state index in [1.54, 1.807) is 22.7 Å². The van der Waals surface area contributed by atoms with Crippen LogP contribution in [0.1, 0.15) is 38.1 Å². The number of rotatable bonds is 3. The lowest BCUT2D eigenvalue weighted by Gasteiger charge is -2.10. The predicted molar refractivity (Wildman–Crippen MR) is 128 cm³/mol. The van der Waals surface area contributed by atoms with Crippen molar-refractivity contribution in [2.75, 3.05) is 0 Å². The second-order valence-corrected chi connectivity index (χ2v) is 9.55. The van der Waals surface area contributed by atoms with Crippen molar-refractivity contribution in [3.8, 4) is 15.4 Å². The Morgan fingerprint density at radius 1 is 0.967 bits per heavy atom. The molecule has 0 amide bonds. The van der Waals surface area contributed by atoms with E-state index in [2.05, 4.69) is 65.0 Å². The zero-order valence-electron chi connectivity index (χ0n) is 17.0. The molecule has 8 heteroatoms. The van der Waals surface area contributed by atoms with Crippen molar-refractivity contribution in [1.82, 2.24) is 14.8 Å². The average molecular weight is 456 g/mol. The number of aromatic nitrogens is 3. The molecule has 0 fully saturated rings. The van der Waals surface area contributed by atoms with Crippen LogP contribution in [0, 0.1) is 20.8 Å². The van der Waals surface area contributed by atoms with Crippen LogP contribution in [0.2, 0.25) is 0 Å². The number of thiophene rings is 2. The van der Waals surface area contributed by atoms with E-state index in [1.807, 2.05) is 6.92 Å². The van der Waals surface area contributed by atoms with Gasteiger partial charge in [-0.05, 0) is 44.0 Å². The van der Waals surface area contributed by atoms with Crippen molar-refractivity contribution in [1.29, 1.82) is 0 Å². The predicted octanol–water partition coefficient (Wildman–Crippen LogP) is 5.21. The Morgan fingerprint density at radius 2 is 1.70 bits per heavy atom. The first-order valence-corrected chi connectivity index (χ1v) is 11.2. The topological polar surface area (TPSA) is 69.1 Å². The van der Waals surface area contributed by atoms with Crippen molar-refractivity contribution in [3.05, 3.63) is 74.5 Å². The summed E-state index contributed by atoms with van der Waals surface area (Å²) in [5.41, 5.74) is 11.6. The third kappa shape index (κ3) is 3.32. The van der Waals surface area contributed by atoms with Gasteiger partial charge in [-0.3, -0.25) is 9.56 Å². The second kappa shape index (κ2) is 8.07. The van der Waals surface area contributed by atoms with Gasteiger partial charge in [0.2, 0.25) is 0 Å². The third-order valence-electron chi connectivity index (χ3n) is 5.38. The van der Waals surface area contributed by atoms with Gasteiger partial charge in [0.25, 0.3) is 0 Å². The molecule has 1 aliphatic rings. The fraction of sp³-hybridized carbons (Fsp3) is 0.227. The molecule has 1 aromatic carbocycles. The summed E-state index contributed by atoms with van der Waals surface area (Å²) in [6.45, 7) is 7.46. The van der Waals surface area contributed by atoms with E-state index in [4.69, 9.17) is 10.7 Å². The first-order chi connectivity index (χ1) is 14.1. The molecule has 0 spiro atoms. The van der Waals surface area contributed by atoms with E-state index in [1.165, 1.54) is 36.3 Å². The standard InChI is InChI=1S/C22H21N5S2.ClH/c1-12-13(2)28-22-20(12)21(24-11-19-26-25-14(3)27(19)22)16-6-4-15(5-7-16)18-9-8-17(10-23)29-18;/h4-9H,10-11,23H2,1-3H3;1H. The number of benzene rings is 1. The van der Waals surface area contributed by atoms with Crippen molar-refractivity contribution in [2.24, 2.45) is 10.7 Å². The van der Waals surface area contributed by atoms with Gasteiger partial charge in [-0.25, -0.2) is 0 Å². The number of fused-ring (bicyclic) bond motifs is 3.